The number of halogens is 1. The third-order valence-corrected chi connectivity index (χ3v) is 6.08. The van der Waals surface area contributed by atoms with E-state index in [1.165, 1.54) is 0 Å². The Morgan fingerprint density at radius 1 is 1.21 bits per heavy atom. The van der Waals surface area contributed by atoms with E-state index in [9.17, 15) is 4.79 Å². The van der Waals surface area contributed by atoms with E-state index in [0.717, 1.165) is 25.1 Å². The SMILES string of the molecule is CN(Cc1nc2ccccc2s1)C(=O)CCSc1ccccc1Cl. The van der Waals surface area contributed by atoms with Crippen LogP contribution in [0.4, 0.5) is 0 Å². The molecule has 0 spiro atoms. The second-order valence-electron chi connectivity index (χ2n) is 5.35. The monoisotopic (exact) mass is 376 g/mol. The number of nitrogens with zero attached hydrogens (tertiary/aromatic N) is 2. The number of thiazole rings is 1. The fraction of sp³-hybridized carbons (Fsp3) is 0.222. The molecule has 0 saturated carbocycles. The highest BCUT2D eigenvalue weighted by atomic mass is 35.5. The van der Waals surface area contributed by atoms with Crippen molar-refractivity contribution in [1.29, 1.82) is 0 Å². The molecule has 0 saturated heterocycles. The Kier molecular flexibility index (Phi) is 5.76. The molecule has 0 bridgehead atoms. The van der Waals surface area contributed by atoms with Gasteiger partial charge in [0.15, 0.2) is 0 Å². The quantitative estimate of drug-likeness (QED) is 0.562. The second kappa shape index (κ2) is 8.01. The van der Waals surface area contributed by atoms with Crippen LogP contribution in [0.15, 0.2) is 53.4 Å². The van der Waals surface area contributed by atoms with Crippen LogP contribution in [-0.2, 0) is 11.3 Å². The summed E-state index contributed by atoms with van der Waals surface area (Å²) in [5.74, 6) is 0.834. The first-order chi connectivity index (χ1) is 11.6. The van der Waals surface area contributed by atoms with Gasteiger partial charge in [-0.1, -0.05) is 35.9 Å². The van der Waals surface area contributed by atoms with Gasteiger partial charge in [-0.2, -0.15) is 0 Å². The molecule has 3 rings (SSSR count). The summed E-state index contributed by atoms with van der Waals surface area (Å²) in [6.07, 6.45) is 0.483. The highest BCUT2D eigenvalue weighted by Crippen LogP contribution is 2.27. The number of hydrogen-bond acceptors (Lipinski definition) is 4. The molecular formula is C18H17ClN2OS2. The zero-order valence-electron chi connectivity index (χ0n) is 13.2. The number of rotatable bonds is 6. The summed E-state index contributed by atoms with van der Waals surface area (Å²) in [6.45, 7) is 0.551. The van der Waals surface area contributed by atoms with Crippen LogP contribution in [0, 0.1) is 0 Å². The minimum atomic E-state index is 0.119. The van der Waals surface area contributed by atoms with Crippen LogP contribution in [0.3, 0.4) is 0 Å². The minimum absolute atomic E-state index is 0.119. The molecule has 0 aliphatic rings. The van der Waals surface area contributed by atoms with Crippen molar-refractivity contribution in [3.8, 4) is 0 Å². The maximum absolute atomic E-state index is 12.3. The topological polar surface area (TPSA) is 33.2 Å². The van der Waals surface area contributed by atoms with E-state index in [-0.39, 0.29) is 5.91 Å². The third kappa shape index (κ3) is 4.29. The van der Waals surface area contributed by atoms with E-state index >= 15 is 0 Å². The lowest BCUT2D eigenvalue weighted by Crippen LogP contribution is -2.26. The summed E-state index contributed by atoms with van der Waals surface area (Å²) in [7, 11) is 1.83. The summed E-state index contributed by atoms with van der Waals surface area (Å²) in [5, 5.41) is 1.70. The van der Waals surface area contributed by atoms with E-state index in [0.29, 0.717) is 18.7 Å². The van der Waals surface area contributed by atoms with Crippen molar-refractivity contribution in [3.63, 3.8) is 0 Å². The van der Waals surface area contributed by atoms with E-state index in [4.69, 9.17) is 11.6 Å². The molecule has 24 heavy (non-hydrogen) atoms. The van der Waals surface area contributed by atoms with E-state index in [2.05, 4.69) is 11.1 Å². The lowest BCUT2D eigenvalue weighted by molar-refractivity contribution is -0.129. The first kappa shape index (κ1) is 17.3. The number of amides is 1. The largest absolute Gasteiger partial charge is 0.339 e. The first-order valence-corrected chi connectivity index (χ1v) is 9.77. The van der Waals surface area contributed by atoms with Gasteiger partial charge in [0.25, 0.3) is 0 Å². The van der Waals surface area contributed by atoms with Crippen molar-refractivity contribution < 1.29 is 4.79 Å². The zero-order chi connectivity index (χ0) is 16.9. The Labute approximate surface area is 154 Å². The lowest BCUT2D eigenvalue weighted by Gasteiger charge is -2.15. The predicted octanol–water partition coefficient (Wildman–Crippen LogP) is 5.09. The number of benzene rings is 2. The normalized spacial score (nSPS) is 10.9. The molecule has 124 valence electrons. The Bertz CT molecular complexity index is 817. The average Bonchev–Trinajstić information content (AvgIpc) is 2.98. The number of fused-ring (bicyclic) bond motifs is 1. The molecule has 2 aromatic carbocycles. The molecule has 0 radical (unpaired) electrons. The van der Waals surface area contributed by atoms with Crippen LogP contribution in [0.1, 0.15) is 11.4 Å². The highest BCUT2D eigenvalue weighted by molar-refractivity contribution is 7.99. The van der Waals surface area contributed by atoms with Crippen LogP contribution in [0.25, 0.3) is 10.2 Å². The number of carbonyl (C=O) groups is 1. The molecule has 1 amide bonds. The van der Waals surface area contributed by atoms with Crippen LogP contribution in [0.5, 0.6) is 0 Å². The smallest absolute Gasteiger partial charge is 0.223 e. The Hall–Kier alpha value is -1.56. The second-order valence-corrected chi connectivity index (χ2v) is 8.01. The third-order valence-electron chi connectivity index (χ3n) is 3.55. The number of hydrogen-bond donors (Lipinski definition) is 0. The van der Waals surface area contributed by atoms with E-state index in [1.807, 2.05) is 49.5 Å². The van der Waals surface area contributed by atoms with Crippen molar-refractivity contribution >= 4 is 50.8 Å². The van der Waals surface area contributed by atoms with Crippen LogP contribution < -0.4 is 0 Å². The van der Waals surface area contributed by atoms with E-state index < -0.39 is 0 Å². The molecule has 3 aromatic rings. The summed E-state index contributed by atoms with van der Waals surface area (Å²) in [6, 6.07) is 15.7. The van der Waals surface area contributed by atoms with Gasteiger partial charge in [-0.3, -0.25) is 4.79 Å². The Morgan fingerprint density at radius 3 is 2.75 bits per heavy atom. The molecule has 6 heteroatoms. The number of aromatic nitrogens is 1. The van der Waals surface area contributed by atoms with Crippen LogP contribution in [-0.4, -0.2) is 28.6 Å². The summed E-state index contributed by atoms with van der Waals surface area (Å²) in [4.78, 5) is 19.6. The van der Waals surface area contributed by atoms with Gasteiger partial charge in [-0.05, 0) is 24.3 Å². The Morgan fingerprint density at radius 2 is 1.96 bits per heavy atom. The van der Waals surface area contributed by atoms with Gasteiger partial charge in [0, 0.05) is 24.1 Å². The molecular weight excluding hydrogens is 360 g/mol. The van der Waals surface area contributed by atoms with Gasteiger partial charge in [0.2, 0.25) is 5.91 Å². The maximum atomic E-state index is 12.3. The summed E-state index contributed by atoms with van der Waals surface area (Å²) < 4.78 is 1.16. The molecule has 0 unspecified atom stereocenters. The number of thioether (sulfide) groups is 1. The van der Waals surface area contributed by atoms with Gasteiger partial charge < -0.3 is 4.90 Å². The average molecular weight is 377 g/mol. The van der Waals surface area contributed by atoms with Gasteiger partial charge in [-0.15, -0.1) is 23.1 Å². The van der Waals surface area contributed by atoms with Crippen LogP contribution in [0.2, 0.25) is 5.02 Å². The zero-order valence-corrected chi connectivity index (χ0v) is 15.6. The number of carbonyl (C=O) groups excluding carboxylic acids is 1. The van der Waals surface area contributed by atoms with Crippen molar-refractivity contribution in [2.45, 2.75) is 17.9 Å². The molecule has 3 nitrogen and oxygen atoms in total. The van der Waals surface area contributed by atoms with Gasteiger partial charge in [0.05, 0.1) is 21.8 Å². The minimum Gasteiger partial charge on any atom is -0.339 e. The Balaban J connectivity index is 1.52. The lowest BCUT2D eigenvalue weighted by atomic mass is 10.3. The van der Waals surface area contributed by atoms with Gasteiger partial charge in [-0.25, -0.2) is 4.98 Å². The summed E-state index contributed by atoms with van der Waals surface area (Å²) >= 11 is 9.37. The van der Waals surface area contributed by atoms with E-state index in [1.54, 1.807) is 28.0 Å². The van der Waals surface area contributed by atoms with Gasteiger partial charge >= 0.3 is 0 Å². The first-order valence-electron chi connectivity index (χ1n) is 7.59. The standard InChI is InChI=1S/C18H17ClN2OS2/c1-21(12-17-20-14-7-3-5-9-16(14)24-17)18(22)10-11-23-15-8-4-2-6-13(15)19/h2-9H,10-12H2,1H3. The maximum Gasteiger partial charge on any atom is 0.223 e. The molecule has 0 aliphatic heterocycles. The summed E-state index contributed by atoms with van der Waals surface area (Å²) in [5.41, 5.74) is 0.993. The van der Waals surface area contributed by atoms with Crippen molar-refractivity contribution in [3.05, 3.63) is 58.6 Å². The molecule has 1 aromatic heterocycles. The predicted molar refractivity (Wildman–Crippen MR) is 103 cm³/mol. The fourth-order valence-corrected chi connectivity index (χ4v) is 4.48. The van der Waals surface area contributed by atoms with Crippen LogP contribution >= 0.6 is 34.7 Å². The van der Waals surface area contributed by atoms with Crippen molar-refractivity contribution in [2.24, 2.45) is 0 Å². The highest BCUT2D eigenvalue weighted by Gasteiger charge is 2.12. The molecule has 0 fully saturated rings. The fourth-order valence-electron chi connectivity index (χ4n) is 2.28. The molecule has 0 atom stereocenters. The number of para-hydroxylation sites is 1. The molecule has 0 aliphatic carbocycles. The molecule has 0 N–H and O–H groups in total. The van der Waals surface area contributed by atoms with Crippen molar-refractivity contribution in [1.82, 2.24) is 9.88 Å². The molecule has 1 heterocycles. The van der Waals surface area contributed by atoms with Crippen molar-refractivity contribution in [2.75, 3.05) is 12.8 Å². The van der Waals surface area contributed by atoms with Gasteiger partial charge in [0.1, 0.15) is 5.01 Å².